The first-order chi connectivity index (χ1) is 7.24. The SMILES string of the molecule is CNC1CC(C)Oc2cc(OC)ccc21. The minimum Gasteiger partial charge on any atom is -0.497 e. The van der Waals surface area contributed by atoms with Gasteiger partial charge < -0.3 is 14.8 Å². The van der Waals surface area contributed by atoms with Crippen LogP contribution in [-0.4, -0.2) is 20.3 Å². The highest BCUT2D eigenvalue weighted by Gasteiger charge is 2.24. The van der Waals surface area contributed by atoms with Gasteiger partial charge in [0.25, 0.3) is 0 Å². The summed E-state index contributed by atoms with van der Waals surface area (Å²) in [6.45, 7) is 2.09. The molecule has 0 spiro atoms. The third-order valence-corrected chi connectivity index (χ3v) is 2.84. The number of rotatable bonds is 2. The van der Waals surface area contributed by atoms with Crippen LogP contribution in [0.2, 0.25) is 0 Å². The zero-order valence-corrected chi connectivity index (χ0v) is 9.41. The summed E-state index contributed by atoms with van der Waals surface area (Å²) in [5.74, 6) is 1.78. The molecule has 1 N–H and O–H groups in total. The molecule has 1 aromatic carbocycles. The molecule has 2 rings (SSSR count). The van der Waals surface area contributed by atoms with Crippen LogP contribution < -0.4 is 14.8 Å². The molecule has 3 heteroatoms. The van der Waals surface area contributed by atoms with Gasteiger partial charge in [-0.1, -0.05) is 6.07 Å². The highest BCUT2D eigenvalue weighted by molar-refractivity contribution is 5.43. The Balaban J connectivity index is 2.37. The Morgan fingerprint density at radius 2 is 2.27 bits per heavy atom. The van der Waals surface area contributed by atoms with Gasteiger partial charge in [-0.3, -0.25) is 0 Å². The lowest BCUT2D eigenvalue weighted by atomic mass is 9.97. The van der Waals surface area contributed by atoms with Crippen LogP contribution in [0.5, 0.6) is 11.5 Å². The maximum absolute atomic E-state index is 5.79. The van der Waals surface area contributed by atoms with Gasteiger partial charge in [0.05, 0.1) is 13.2 Å². The van der Waals surface area contributed by atoms with Gasteiger partial charge in [0.15, 0.2) is 0 Å². The van der Waals surface area contributed by atoms with Crippen LogP contribution in [0.3, 0.4) is 0 Å². The maximum atomic E-state index is 5.79. The molecule has 3 nitrogen and oxygen atoms in total. The molecule has 0 aliphatic carbocycles. The molecule has 82 valence electrons. The fourth-order valence-electron chi connectivity index (χ4n) is 2.03. The van der Waals surface area contributed by atoms with E-state index in [4.69, 9.17) is 9.47 Å². The summed E-state index contributed by atoms with van der Waals surface area (Å²) in [6, 6.07) is 6.38. The van der Waals surface area contributed by atoms with Crippen molar-refractivity contribution in [3.8, 4) is 11.5 Å². The van der Waals surface area contributed by atoms with Crippen LogP contribution in [0.25, 0.3) is 0 Å². The molecule has 2 atom stereocenters. The van der Waals surface area contributed by atoms with Crippen molar-refractivity contribution in [1.29, 1.82) is 0 Å². The van der Waals surface area contributed by atoms with Gasteiger partial charge in [0.1, 0.15) is 11.5 Å². The quantitative estimate of drug-likeness (QED) is 0.805. The summed E-state index contributed by atoms with van der Waals surface area (Å²) in [5, 5.41) is 3.31. The smallest absolute Gasteiger partial charge is 0.128 e. The van der Waals surface area contributed by atoms with Crippen molar-refractivity contribution < 1.29 is 9.47 Å². The fraction of sp³-hybridized carbons (Fsp3) is 0.500. The van der Waals surface area contributed by atoms with Crippen LogP contribution in [0.4, 0.5) is 0 Å². The lowest BCUT2D eigenvalue weighted by Crippen LogP contribution is -2.29. The Morgan fingerprint density at radius 3 is 2.93 bits per heavy atom. The van der Waals surface area contributed by atoms with Gasteiger partial charge in [-0.25, -0.2) is 0 Å². The van der Waals surface area contributed by atoms with Gasteiger partial charge in [-0.15, -0.1) is 0 Å². The molecule has 0 amide bonds. The number of hydrogen-bond donors (Lipinski definition) is 1. The van der Waals surface area contributed by atoms with E-state index in [9.17, 15) is 0 Å². The fourth-order valence-corrected chi connectivity index (χ4v) is 2.03. The van der Waals surface area contributed by atoms with E-state index < -0.39 is 0 Å². The minimum absolute atomic E-state index is 0.252. The summed E-state index contributed by atoms with van der Waals surface area (Å²) in [4.78, 5) is 0. The topological polar surface area (TPSA) is 30.5 Å². The number of nitrogens with one attached hydrogen (secondary N) is 1. The lowest BCUT2D eigenvalue weighted by Gasteiger charge is -2.30. The molecule has 1 aromatic rings. The van der Waals surface area contributed by atoms with E-state index in [0.717, 1.165) is 17.9 Å². The Labute approximate surface area is 90.4 Å². The average molecular weight is 207 g/mol. The first-order valence-electron chi connectivity index (χ1n) is 5.26. The summed E-state index contributed by atoms with van der Waals surface area (Å²) >= 11 is 0. The Hall–Kier alpha value is -1.22. The van der Waals surface area contributed by atoms with Gasteiger partial charge in [0.2, 0.25) is 0 Å². The summed E-state index contributed by atoms with van der Waals surface area (Å²) in [7, 11) is 3.65. The van der Waals surface area contributed by atoms with Gasteiger partial charge in [-0.2, -0.15) is 0 Å². The number of ether oxygens (including phenoxy) is 2. The Bertz CT molecular complexity index is 351. The second-order valence-electron chi connectivity index (χ2n) is 3.91. The molecule has 0 radical (unpaired) electrons. The van der Waals surface area contributed by atoms with Crippen LogP contribution in [-0.2, 0) is 0 Å². The van der Waals surface area contributed by atoms with Crippen molar-refractivity contribution in [1.82, 2.24) is 5.32 Å². The zero-order chi connectivity index (χ0) is 10.8. The minimum atomic E-state index is 0.252. The lowest BCUT2D eigenvalue weighted by molar-refractivity contribution is 0.168. The van der Waals surface area contributed by atoms with Gasteiger partial charge in [0, 0.05) is 24.1 Å². The molecule has 0 aromatic heterocycles. The summed E-state index contributed by atoms with van der Waals surface area (Å²) in [6.07, 6.45) is 1.26. The van der Waals surface area contributed by atoms with Crippen LogP contribution in [0.1, 0.15) is 24.9 Å². The van der Waals surface area contributed by atoms with Crippen molar-refractivity contribution in [2.75, 3.05) is 14.2 Å². The molecule has 0 bridgehead atoms. The van der Waals surface area contributed by atoms with E-state index in [1.807, 2.05) is 19.2 Å². The molecule has 0 saturated heterocycles. The third-order valence-electron chi connectivity index (χ3n) is 2.84. The number of fused-ring (bicyclic) bond motifs is 1. The molecule has 0 fully saturated rings. The largest absolute Gasteiger partial charge is 0.497 e. The molecule has 1 heterocycles. The third kappa shape index (κ3) is 1.92. The highest BCUT2D eigenvalue weighted by Crippen LogP contribution is 2.36. The molecule has 0 saturated carbocycles. The van der Waals surface area contributed by atoms with Crippen molar-refractivity contribution in [3.05, 3.63) is 23.8 Å². The predicted octanol–water partition coefficient (Wildman–Crippen LogP) is 2.13. The van der Waals surface area contributed by atoms with Crippen LogP contribution >= 0.6 is 0 Å². The maximum Gasteiger partial charge on any atom is 0.128 e. The molecule has 1 aliphatic heterocycles. The van der Waals surface area contributed by atoms with E-state index in [1.54, 1.807) is 7.11 Å². The zero-order valence-electron chi connectivity index (χ0n) is 9.41. The Morgan fingerprint density at radius 1 is 1.47 bits per heavy atom. The standard InChI is InChI=1S/C12H17NO2/c1-8-6-11(13-2)10-5-4-9(14-3)7-12(10)15-8/h4-5,7-8,11,13H,6H2,1-3H3. The predicted molar refractivity (Wildman–Crippen MR) is 59.5 cm³/mol. The average Bonchev–Trinajstić information content (AvgIpc) is 2.26. The second-order valence-corrected chi connectivity index (χ2v) is 3.91. The molecule has 15 heavy (non-hydrogen) atoms. The number of benzene rings is 1. The molecular formula is C12H17NO2. The van der Waals surface area contributed by atoms with Gasteiger partial charge in [-0.05, 0) is 20.0 Å². The highest BCUT2D eigenvalue weighted by atomic mass is 16.5. The van der Waals surface area contributed by atoms with E-state index in [1.165, 1.54) is 5.56 Å². The first kappa shape index (κ1) is 10.3. The van der Waals surface area contributed by atoms with Crippen LogP contribution in [0.15, 0.2) is 18.2 Å². The Kier molecular flexibility index (Phi) is 2.82. The van der Waals surface area contributed by atoms with E-state index in [0.29, 0.717) is 6.04 Å². The normalized spacial score (nSPS) is 24.2. The van der Waals surface area contributed by atoms with Crippen molar-refractivity contribution >= 4 is 0 Å². The van der Waals surface area contributed by atoms with E-state index in [2.05, 4.69) is 18.3 Å². The molecule has 2 unspecified atom stereocenters. The van der Waals surface area contributed by atoms with Crippen molar-refractivity contribution in [3.63, 3.8) is 0 Å². The van der Waals surface area contributed by atoms with Crippen molar-refractivity contribution in [2.45, 2.75) is 25.5 Å². The van der Waals surface area contributed by atoms with E-state index >= 15 is 0 Å². The number of hydrogen-bond acceptors (Lipinski definition) is 3. The summed E-state index contributed by atoms with van der Waals surface area (Å²) in [5.41, 5.74) is 1.22. The number of methoxy groups -OCH3 is 1. The monoisotopic (exact) mass is 207 g/mol. The second kappa shape index (κ2) is 4.11. The van der Waals surface area contributed by atoms with Crippen LogP contribution in [0, 0.1) is 0 Å². The molecule has 1 aliphatic rings. The summed E-state index contributed by atoms with van der Waals surface area (Å²) < 4.78 is 11.0. The van der Waals surface area contributed by atoms with Crippen molar-refractivity contribution in [2.24, 2.45) is 0 Å². The first-order valence-corrected chi connectivity index (χ1v) is 5.26. The van der Waals surface area contributed by atoms with E-state index in [-0.39, 0.29) is 6.10 Å². The van der Waals surface area contributed by atoms with Gasteiger partial charge >= 0.3 is 0 Å². The molecular weight excluding hydrogens is 190 g/mol.